The topological polar surface area (TPSA) is 110 Å². The zero-order valence-corrected chi connectivity index (χ0v) is 30.3. The number of thiol groups is 1. The fourth-order valence-electron chi connectivity index (χ4n) is 8.66. The summed E-state index contributed by atoms with van der Waals surface area (Å²) in [5.74, 6) is 0.733. The molecule has 5 rings (SSSR count). The van der Waals surface area contributed by atoms with Gasteiger partial charge in [0.05, 0.1) is 16.8 Å². The second-order valence-electron chi connectivity index (χ2n) is 14.1. The van der Waals surface area contributed by atoms with Gasteiger partial charge < -0.3 is 9.84 Å². The van der Waals surface area contributed by atoms with Crippen molar-refractivity contribution in [2.24, 2.45) is 37.8 Å². The molecule has 2 bridgehead atoms. The third-order valence-corrected chi connectivity index (χ3v) is 12.6. The summed E-state index contributed by atoms with van der Waals surface area (Å²) in [6.07, 6.45) is 16.1. The minimum atomic E-state index is -0.692. The number of rotatable bonds is 2. The monoisotopic (exact) mass is 688 g/mol. The van der Waals surface area contributed by atoms with Crippen molar-refractivity contribution in [3.8, 4) is 0 Å². The SMILES string of the molecule is C=C(C)[C@@H]1C=C[C@@]2(C)C(C)=CC[C@@]2(O)C1(C)C.CC1=CCC23O[C@](C)(CBr)C(C=CC12C)C3(C)C.O=C=O.O=C=O.[B]=NS. The van der Waals surface area contributed by atoms with Gasteiger partial charge in [0.25, 0.3) is 0 Å². The molecule has 1 radical (unpaired) electrons. The van der Waals surface area contributed by atoms with Crippen LogP contribution < -0.4 is 0 Å². The van der Waals surface area contributed by atoms with Crippen molar-refractivity contribution in [2.75, 3.05) is 5.33 Å². The summed E-state index contributed by atoms with van der Waals surface area (Å²) >= 11 is 6.86. The van der Waals surface area contributed by atoms with Gasteiger partial charge in [-0.1, -0.05) is 103 Å². The molecule has 4 aliphatic carbocycles. The predicted octanol–water partition coefficient (Wildman–Crippen LogP) is 7.36. The van der Waals surface area contributed by atoms with Gasteiger partial charge in [0.2, 0.25) is 0 Å². The number of ether oxygens (including phenoxy) is 1. The molecule has 0 aromatic carbocycles. The first kappa shape index (κ1) is 40.1. The van der Waals surface area contributed by atoms with E-state index < -0.39 is 5.60 Å². The molecule has 7 nitrogen and oxygen atoms in total. The van der Waals surface area contributed by atoms with Crippen molar-refractivity contribution in [3.63, 3.8) is 0 Å². The molecule has 7 atom stereocenters. The van der Waals surface area contributed by atoms with E-state index in [2.05, 4.69) is 153 Å². The summed E-state index contributed by atoms with van der Waals surface area (Å²) in [5, 5.41) is 12.1. The average molecular weight is 690 g/mol. The van der Waals surface area contributed by atoms with Gasteiger partial charge in [0.1, 0.15) is 0 Å². The van der Waals surface area contributed by atoms with E-state index in [0.717, 1.165) is 23.7 Å². The molecule has 1 aliphatic heterocycles. The zero-order chi connectivity index (χ0) is 34.6. The van der Waals surface area contributed by atoms with Gasteiger partial charge >= 0.3 is 37.1 Å². The van der Waals surface area contributed by atoms with Gasteiger partial charge in [-0.2, -0.15) is 19.2 Å². The Morgan fingerprint density at radius 3 is 1.86 bits per heavy atom. The van der Waals surface area contributed by atoms with Crippen molar-refractivity contribution in [1.29, 1.82) is 0 Å². The van der Waals surface area contributed by atoms with Crippen molar-refractivity contribution in [1.82, 2.24) is 0 Å². The summed E-state index contributed by atoms with van der Waals surface area (Å²) in [6.45, 7) is 26.4. The number of hydrogen-bond donors (Lipinski definition) is 2. The van der Waals surface area contributed by atoms with Gasteiger partial charge in [-0.05, 0) is 54.4 Å². The molecule has 0 aromatic rings. The Kier molecular flexibility index (Phi) is 13.0. The summed E-state index contributed by atoms with van der Waals surface area (Å²) in [5.41, 5.74) is 2.86. The molecule has 1 spiro atoms. The van der Waals surface area contributed by atoms with Crippen LogP contribution in [-0.2, 0) is 23.9 Å². The Morgan fingerprint density at radius 2 is 1.41 bits per heavy atom. The Labute approximate surface area is 278 Å². The van der Waals surface area contributed by atoms with E-state index in [-0.39, 0.29) is 51.1 Å². The Bertz CT molecular complexity index is 1300. The van der Waals surface area contributed by atoms with Crippen LogP contribution in [0.25, 0.3) is 0 Å². The maximum atomic E-state index is 11.2. The number of carbonyl (C=O) groups excluding carboxylic acids is 4. The van der Waals surface area contributed by atoms with Gasteiger partial charge in [-0.25, -0.2) is 0 Å². The number of halogens is 1. The first-order valence-corrected chi connectivity index (χ1v) is 16.1. The first-order valence-electron chi connectivity index (χ1n) is 14.5. The van der Waals surface area contributed by atoms with Crippen LogP contribution in [-0.4, -0.2) is 47.2 Å². The molecule has 0 saturated carbocycles. The van der Waals surface area contributed by atoms with Gasteiger partial charge in [-0.15, -0.1) is 0 Å². The summed E-state index contributed by atoms with van der Waals surface area (Å²) in [4.78, 5) is 32.5. The van der Waals surface area contributed by atoms with E-state index in [4.69, 9.17) is 23.9 Å². The van der Waals surface area contributed by atoms with Crippen LogP contribution >= 0.6 is 28.7 Å². The van der Waals surface area contributed by atoms with E-state index in [9.17, 15) is 5.11 Å². The van der Waals surface area contributed by atoms with E-state index >= 15 is 0 Å². The number of nitrogens with zero attached hydrogens (tertiary/aromatic N) is 1. The third kappa shape index (κ3) is 5.99. The first-order chi connectivity index (χ1) is 20.1. The molecular weight excluding hydrogens is 641 g/mol. The summed E-state index contributed by atoms with van der Waals surface area (Å²) in [7, 11) is 4.34. The van der Waals surface area contributed by atoms with Crippen molar-refractivity contribution < 1.29 is 29.0 Å². The van der Waals surface area contributed by atoms with Crippen LogP contribution in [0.3, 0.4) is 0 Å². The van der Waals surface area contributed by atoms with E-state index in [1.807, 2.05) is 0 Å². The second kappa shape index (κ2) is 14.2. The Hall–Kier alpha value is -1.93. The fourth-order valence-corrected chi connectivity index (χ4v) is 9.12. The fraction of sp³-hybridized carbons (Fsp3) is 0.647. The number of fused-ring (bicyclic) bond motifs is 2. The molecular formula is C34H48BBrNO6S. The van der Waals surface area contributed by atoms with E-state index in [1.165, 1.54) is 11.1 Å². The van der Waals surface area contributed by atoms with Crippen LogP contribution in [0.15, 0.2) is 64.1 Å². The Balaban J connectivity index is 0.000000348. The zero-order valence-electron chi connectivity index (χ0n) is 27.8. The molecule has 1 saturated heterocycles. The number of aliphatic hydroxyl groups is 1. The normalized spacial score (nSPS) is 38.7. The van der Waals surface area contributed by atoms with Crippen molar-refractivity contribution in [2.45, 2.75) is 98.9 Å². The minimum absolute atomic E-state index is 0.0624. The van der Waals surface area contributed by atoms with E-state index in [0.29, 0.717) is 5.92 Å². The maximum absolute atomic E-state index is 11.2. The summed E-state index contributed by atoms with van der Waals surface area (Å²) < 4.78 is 9.46. The molecule has 0 amide bonds. The van der Waals surface area contributed by atoms with Crippen LogP contribution in [0.4, 0.5) is 0 Å². The third-order valence-electron chi connectivity index (χ3n) is 11.5. The quantitative estimate of drug-likeness (QED) is 0.136. The molecule has 1 N–H and O–H groups in total. The molecule has 44 heavy (non-hydrogen) atoms. The molecule has 1 heterocycles. The van der Waals surface area contributed by atoms with Crippen LogP contribution in [0.1, 0.15) is 82.1 Å². The number of alkyl halides is 1. The van der Waals surface area contributed by atoms with Crippen molar-refractivity contribution >= 4 is 48.7 Å². The van der Waals surface area contributed by atoms with E-state index in [1.54, 1.807) is 0 Å². The molecule has 0 aromatic heterocycles. The number of hydrogen-bond acceptors (Lipinski definition) is 8. The second-order valence-corrected chi connectivity index (χ2v) is 14.9. The molecule has 5 aliphatic rings. The van der Waals surface area contributed by atoms with Gasteiger partial charge in [-0.3, -0.25) is 0 Å². The predicted molar refractivity (Wildman–Crippen MR) is 179 cm³/mol. The molecule has 1 fully saturated rings. The Morgan fingerprint density at radius 1 is 0.977 bits per heavy atom. The average Bonchev–Trinajstić information content (AvgIpc) is 3.35. The number of allylic oxidation sites excluding steroid dienone is 2. The summed E-state index contributed by atoms with van der Waals surface area (Å²) in [6, 6.07) is 0. The van der Waals surface area contributed by atoms with Crippen LogP contribution in [0.5, 0.6) is 0 Å². The van der Waals surface area contributed by atoms with Crippen LogP contribution in [0, 0.1) is 33.5 Å². The van der Waals surface area contributed by atoms with Crippen LogP contribution in [0.2, 0.25) is 0 Å². The van der Waals surface area contributed by atoms with Crippen molar-refractivity contribution in [3.05, 3.63) is 59.8 Å². The van der Waals surface area contributed by atoms with Gasteiger partial charge in [0.15, 0.2) is 0 Å². The van der Waals surface area contributed by atoms with Gasteiger partial charge in [0, 0.05) is 38.8 Å². The molecule has 3 unspecified atom stereocenters. The molecule has 241 valence electrons. The standard InChI is InChI=1S/C16H23BrO.C16H24O.2CO2.BHNS/c1-11-6-9-16-13(2,3)12(7-8-14(11,16)4)15(5,10-17)18-16;1-11(2)13-8-9-15(6)12(3)7-10-16(15,17)14(13,4)5;2*2-1-3;1-2-3/h6-8,12H,9-10H2,1-5H3;7-9,13,17H,1,10H2,2-6H3;;;3H/t12?,14?,15-,16?;13-,15-,16+;;;/m10.../s1. The molecule has 10 heteroatoms.